The minimum absolute atomic E-state index is 0.0651. The van der Waals surface area contributed by atoms with Crippen LogP contribution in [0.4, 0.5) is 4.39 Å². The van der Waals surface area contributed by atoms with Crippen molar-refractivity contribution >= 4 is 5.91 Å². The molecule has 0 aliphatic rings. The summed E-state index contributed by atoms with van der Waals surface area (Å²) < 4.78 is 18.3. The Morgan fingerprint density at radius 2 is 1.94 bits per heavy atom. The second-order valence-corrected chi connectivity index (χ2v) is 3.96. The van der Waals surface area contributed by atoms with E-state index in [0.717, 1.165) is 5.56 Å². The molecule has 0 aliphatic carbocycles. The molecule has 1 aromatic rings. The third-order valence-corrected chi connectivity index (χ3v) is 2.42. The molecular formula is C13H18FNO2. The number of rotatable bonds is 5. The van der Waals surface area contributed by atoms with E-state index in [9.17, 15) is 9.18 Å². The lowest BCUT2D eigenvalue weighted by atomic mass is 10.1. The molecule has 0 saturated carbocycles. The lowest BCUT2D eigenvalue weighted by Crippen LogP contribution is -2.27. The normalized spacial score (nSPS) is 10.4. The van der Waals surface area contributed by atoms with E-state index in [0.29, 0.717) is 24.3 Å². The van der Waals surface area contributed by atoms with E-state index >= 15 is 0 Å². The summed E-state index contributed by atoms with van der Waals surface area (Å²) in [7, 11) is 0. The molecular weight excluding hydrogens is 221 g/mol. The zero-order chi connectivity index (χ0) is 12.8. The van der Waals surface area contributed by atoms with Crippen molar-refractivity contribution < 1.29 is 13.9 Å². The van der Waals surface area contributed by atoms with Gasteiger partial charge < -0.3 is 10.1 Å². The molecule has 1 aromatic carbocycles. The molecule has 0 aromatic heterocycles. The van der Waals surface area contributed by atoms with E-state index in [-0.39, 0.29) is 18.3 Å². The van der Waals surface area contributed by atoms with E-state index in [1.165, 1.54) is 0 Å². The van der Waals surface area contributed by atoms with E-state index in [4.69, 9.17) is 4.74 Å². The molecule has 17 heavy (non-hydrogen) atoms. The third-order valence-electron chi connectivity index (χ3n) is 2.42. The summed E-state index contributed by atoms with van der Waals surface area (Å²) in [6.07, 6.45) is 0. The molecule has 94 valence electrons. The Morgan fingerprint density at radius 3 is 2.47 bits per heavy atom. The summed E-state index contributed by atoms with van der Waals surface area (Å²) in [5.41, 5.74) is 2.09. The van der Waals surface area contributed by atoms with Crippen molar-refractivity contribution in [3.05, 3.63) is 34.6 Å². The lowest BCUT2D eigenvalue weighted by molar-refractivity contribution is -0.125. The number of halogens is 1. The number of aryl methyl sites for hydroxylation is 2. The average Bonchev–Trinajstić information content (AvgIpc) is 2.30. The number of hydrogen-bond donors (Lipinski definition) is 1. The van der Waals surface area contributed by atoms with Gasteiger partial charge in [0, 0.05) is 13.2 Å². The van der Waals surface area contributed by atoms with Gasteiger partial charge in [-0.25, -0.2) is 4.39 Å². The van der Waals surface area contributed by atoms with Gasteiger partial charge in [-0.15, -0.1) is 0 Å². The molecule has 1 amide bonds. The number of ether oxygens (including phenoxy) is 1. The van der Waals surface area contributed by atoms with Crippen LogP contribution in [0.3, 0.4) is 0 Å². The number of nitrogens with one attached hydrogen (secondary N) is 1. The molecule has 0 heterocycles. The van der Waals surface area contributed by atoms with Crippen LogP contribution >= 0.6 is 0 Å². The smallest absolute Gasteiger partial charge is 0.246 e. The quantitative estimate of drug-likeness (QED) is 0.854. The van der Waals surface area contributed by atoms with Crippen molar-refractivity contribution in [3.63, 3.8) is 0 Å². The summed E-state index contributed by atoms with van der Waals surface area (Å²) in [5, 5.41) is 2.72. The van der Waals surface area contributed by atoms with Crippen molar-refractivity contribution in [3.8, 4) is 0 Å². The van der Waals surface area contributed by atoms with Crippen LogP contribution in [0.15, 0.2) is 12.1 Å². The molecule has 1 rings (SSSR count). The van der Waals surface area contributed by atoms with Crippen LogP contribution in [0.2, 0.25) is 0 Å². The van der Waals surface area contributed by atoms with Crippen LogP contribution < -0.4 is 5.32 Å². The van der Waals surface area contributed by atoms with Gasteiger partial charge in [-0.2, -0.15) is 0 Å². The molecule has 0 spiro atoms. The predicted octanol–water partition coefficient (Wildman–Crippen LogP) is 2.10. The SMILES string of the molecule is CCOCC(=O)NCc1cc(C)c(F)c(C)c1. The molecule has 4 heteroatoms. The summed E-state index contributed by atoms with van der Waals surface area (Å²) in [6, 6.07) is 3.48. The van der Waals surface area contributed by atoms with Gasteiger partial charge in [0.15, 0.2) is 0 Å². The highest BCUT2D eigenvalue weighted by atomic mass is 19.1. The molecule has 0 unspecified atom stereocenters. The number of carbonyl (C=O) groups excluding carboxylic acids is 1. The number of amides is 1. The van der Waals surface area contributed by atoms with E-state index in [1.807, 2.05) is 6.92 Å². The Kier molecular flexibility index (Phi) is 5.10. The van der Waals surface area contributed by atoms with Crippen LogP contribution in [-0.2, 0) is 16.1 Å². The van der Waals surface area contributed by atoms with Gasteiger partial charge in [-0.1, -0.05) is 12.1 Å². The molecule has 0 aliphatic heterocycles. The zero-order valence-electron chi connectivity index (χ0n) is 10.5. The minimum atomic E-state index is -0.186. The highest BCUT2D eigenvalue weighted by molar-refractivity contribution is 5.77. The molecule has 0 fully saturated rings. The largest absolute Gasteiger partial charge is 0.372 e. The van der Waals surface area contributed by atoms with E-state index < -0.39 is 0 Å². The highest BCUT2D eigenvalue weighted by Gasteiger charge is 2.05. The van der Waals surface area contributed by atoms with Crippen molar-refractivity contribution in [1.82, 2.24) is 5.32 Å². The summed E-state index contributed by atoms with van der Waals surface area (Å²) in [5.74, 6) is -0.346. The van der Waals surface area contributed by atoms with Gasteiger partial charge in [0.2, 0.25) is 5.91 Å². The fourth-order valence-corrected chi connectivity index (χ4v) is 1.58. The van der Waals surface area contributed by atoms with Crippen molar-refractivity contribution in [2.24, 2.45) is 0 Å². The maximum Gasteiger partial charge on any atom is 0.246 e. The van der Waals surface area contributed by atoms with Gasteiger partial charge in [-0.3, -0.25) is 4.79 Å². The molecule has 3 nitrogen and oxygen atoms in total. The Hall–Kier alpha value is -1.42. The van der Waals surface area contributed by atoms with E-state index in [1.54, 1.807) is 26.0 Å². The maximum absolute atomic E-state index is 13.4. The maximum atomic E-state index is 13.4. The van der Waals surface area contributed by atoms with Crippen LogP contribution in [0.5, 0.6) is 0 Å². The average molecular weight is 239 g/mol. The Morgan fingerprint density at radius 1 is 1.35 bits per heavy atom. The summed E-state index contributed by atoms with van der Waals surface area (Å²) in [4.78, 5) is 11.3. The van der Waals surface area contributed by atoms with Crippen LogP contribution in [0.1, 0.15) is 23.6 Å². The molecule has 0 radical (unpaired) electrons. The molecule has 0 atom stereocenters. The van der Waals surface area contributed by atoms with Gasteiger partial charge in [0.05, 0.1) is 0 Å². The van der Waals surface area contributed by atoms with Gasteiger partial charge in [0.25, 0.3) is 0 Å². The van der Waals surface area contributed by atoms with E-state index in [2.05, 4.69) is 5.32 Å². The van der Waals surface area contributed by atoms with Crippen LogP contribution in [0, 0.1) is 19.7 Å². The van der Waals surface area contributed by atoms with Crippen molar-refractivity contribution in [2.75, 3.05) is 13.2 Å². The predicted molar refractivity (Wildman–Crippen MR) is 64.2 cm³/mol. The first kappa shape index (κ1) is 13.6. The monoisotopic (exact) mass is 239 g/mol. The second kappa shape index (κ2) is 6.35. The number of carbonyl (C=O) groups is 1. The fraction of sp³-hybridized carbons (Fsp3) is 0.462. The Labute approximate surface area is 101 Å². The number of hydrogen-bond acceptors (Lipinski definition) is 2. The highest BCUT2D eigenvalue weighted by Crippen LogP contribution is 2.14. The molecule has 1 N–H and O–H groups in total. The Bertz CT molecular complexity index is 381. The van der Waals surface area contributed by atoms with Crippen LogP contribution in [-0.4, -0.2) is 19.1 Å². The first-order valence-corrected chi connectivity index (χ1v) is 5.64. The van der Waals surface area contributed by atoms with Crippen LogP contribution in [0.25, 0.3) is 0 Å². The third kappa shape index (κ3) is 4.15. The second-order valence-electron chi connectivity index (χ2n) is 3.96. The van der Waals surface area contributed by atoms with Crippen molar-refractivity contribution in [1.29, 1.82) is 0 Å². The number of benzene rings is 1. The lowest BCUT2D eigenvalue weighted by Gasteiger charge is -2.08. The minimum Gasteiger partial charge on any atom is -0.372 e. The standard InChI is InChI=1S/C13H18FNO2/c1-4-17-8-12(16)15-7-11-5-9(2)13(14)10(3)6-11/h5-6H,4,7-8H2,1-3H3,(H,15,16). The zero-order valence-corrected chi connectivity index (χ0v) is 10.5. The van der Waals surface area contributed by atoms with Gasteiger partial charge >= 0.3 is 0 Å². The first-order valence-electron chi connectivity index (χ1n) is 5.64. The summed E-state index contributed by atoms with van der Waals surface area (Å²) >= 11 is 0. The van der Waals surface area contributed by atoms with Crippen molar-refractivity contribution in [2.45, 2.75) is 27.3 Å². The van der Waals surface area contributed by atoms with Gasteiger partial charge in [-0.05, 0) is 37.5 Å². The first-order chi connectivity index (χ1) is 8.04. The topological polar surface area (TPSA) is 38.3 Å². The molecule has 0 bridgehead atoms. The Balaban J connectivity index is 2.55. The van der Waals surface area contributed by atoms with Gasteiger partial charge in [0.1, 0.15) is 12.4 Å². The fourth-order valence-electron chi connectivity index (χ4n) is 1.58. The molecule has 0 saturated heterocycles. The summed E-state index contributed by atoms with van der Waals surface area (Å²) in [6.45, 7) is 6.24.